The number of rotatable bonds is 6. The van der Waals surface area contributed by atoms with Gasteiger partial charge in [-0.3, -0.25) is 0 Å². The van der Waals surface area contributed by atoms with Crippen LogP contribution in [-0.4, -0.2) is 37.1 Å². The molecule has 0 aliphatic heterocycles. The van der Waals surface area contributed by atoms with Crippen LogP contribution in [0.25, 0.3) is 0 Å². The van der Waals surface area contributed by atoms with Crippen LogP contribution < -0.4 is 5.32 Å². The number of halogens is 3. The molecule has 7 heteroatoms. The fourth-order valence-electron chi connectivity index (χ4n) is 1.52. The average Bonchev–Trinajstić information content (AvgIpc) is 2.72. The molecule has 0 aliphatic rings. The van der Waals surface area contributed by atoms with Gasteiger partial charge < -0.3 is 10.2 Å². The van der Waals surface area contributed by atoms with Gasteiger partial charge in [0.05, 0.1) is 6.04 Å². The third-order valence-electron chi connectivity index (χ3n) is 2.30. The van der Waals surface area contributed by atoms with Crippen molar-refractivity contribution in [2.75, 3.05) is 27.2 Å². The van der Waals surface area contributed by atoms with E-state index in [1.165, 1.54) is 6.20 Å². The molecule has 104 valence electrons. The van der Waals surface area contributed by atoms with Crippen LogP contribution in [0.15, 0.2) is 6.20 Å². The van der Waals surface area contributed by atoms with Crippen molar-refractivity contribution in [2.45, 2.75) is 25.6 Å². The van der Waals surface area contributed by atoms with Crippen molar-refractivity contribution in [1.82, 2.24) is 15.2 Å². The van der Waals surface area contributed by atoms with Crippen molar-refractivity contribution in [1.29, 1.82) is 0 Å². The van der Waals surface area contributed by atoms with Crippen molar-refractivity contribution >= 4 is 11.3 Å². The second kappa shape index (κ2) is 6.49. The van der Waals surface area contributed by atoms with Gasteiger partial charge in [0.2, 0.25) is 0 Å². The Morgan fingerprint density at radius 1 is 1.44 bits per heavy atom. The van der Waals surface area contributed by atoms with Gasteiger partial charge in [-0.2, -0.15) is 13.2 Å². The Hall–Kier alpha value is -0.660. The Bertz CT molecular complexity index is 363. The standard InChI is InChI=1S/C11H18F3N3S/c1-4-5-15-8(7-17(2)3)9-6-16-10(18-9)11(12,13)14/h6,8,15H,4-5,7H2,1-3H3. The summed E-state index contributed by atoms with van der Waals surface area (Å²) in [6, 6.07) is -0.103. The molecule has 0 fully saturated rings. The molecule has 0 amide bonds. The van der Waals surface area contributed by atoms with Crippen LogP contribution in [0.2, 0.25) is 0 Å². The molecule has 1 heterocycles. The van der Waals surface area contributed by atoms with Gasteiger partial charge in [0, 0.05) is 17.6 Å². The highest BCUT2D eigenvalue weighted by atomic mass is 32.1. The van der Waals surface area contributed by atoms with Gasteiger partial charge in [-0.15, -0.1) is 11.3 Å². The van der Waals surface area contributed by atoms with E-state index in [-0.39, 0.29) is 6.04 Å². The predicted octanol–water partition coefficient (Wildman–Crippen LogP) is 2.76. The van der Waals surface area contributed by atoms with Crippen molar-refractivity contribution in [2.24, 2.45) is 0 Å². The lowest BCUT2D eigenvalue weighted by Crippen LogP contribution is -2.31. The lowest BCUT2D eigenvalue weighted by molar-refractivity contribution is -0.137. The molecule has 1 unspecified atom stereocenters. The number of alkyl halides is 3. The minimum Gasteiger partial charge on any atom is -0.308 e. The maximum Gasteiger partial charge on any atom is 0.443 e. The maximum absolute atomic E-state index is 12.5. The maximum atomic E-state index is 12.5. The van der Waals surface area contributed by atoms with Crippen molar-refractivity contribution in [3.05, 3.63) is 16.1 Å². The van der Waals surface area contributed by atoms with Gasteiger partial charge >= 0.3 is 6.18 Å². The van der Waals surface area contributed by atoms with Crippen molar-refractivity contribution < 1.29 is 13.2 Å². The van der Waals surface area contributed by atoms with Gasteiger partial charge in [-0.1, -0.05) is 6.92 Å². The smallest absolute Gasteiger partial charge is 0.308 e. The van der Waals surface area contributed by atoms with Crippen molar-refractivity contribution in [3.63, 3.8) is 0 Å². The zero-order valence-electron chi connectivity index (χ0n) is 10.7. The molecule has 1 N–H and O–H groups in total. The SMILES string of the molecule is CCCNC(CN(C)C)c1cnc(C(F)(F)F)s1. The van der Waals surface area contributed by atoms with E-state index in [0.717, 1.165) is 13.0 Å². The molecule has 18 heavy (non-hydrogen) atoms. The number of likely N-dealkylation sites (N-methyl/N-ethyl adjacent to an activating group) is 1. The molecule has 0 aromatic carbocycles. The second-order valence-electron chi connectivity index (χ2n) is 4.33. The van der Waals surface area contributed by atoms with Crippen LogP contribution in [0.1, 0.15) is 29.3 Å². The fourth-order valence-corrected chi connectivity index (χ4v) is 2.37. The Labute approximate surface area is 109 Å². The highest BCUT2D eigenvalue weighted by Gasteiger charge is 2.35. The van der Waals surface area contributed by atoms with E-state index in [1.54, 1.807) is 0 Å². The molecule has 0 radical (unpaired) electrons. The summed E-state index contributed by atoms with van der Waals surface area (Å²) in [5.74, 6) is 0. The van der Waals surface area contributed by atoms with E-state index in [1.807, 2.05) is 25.9 Å². The number of hydrogen-bond acceptors (Lipinski definition) is 4. The van der Waals surface area contributed by atoms with Crippen LogP contribution in [0.3, 0.4) is 0 Å². The Balaban J connectivity index is 2.81. The van der Waals surface area contributed by atoms with Gasteiger partial charge in [-0.25, -0.2) is 4.98 Å². The van der Waals surface area contributed by atoms with Crippen molar-refractivity contribution in [3.8, 4) is 0 Å². The lowest BCUT2D eigenvalue weighted by atomic mass is 10.2. The number of nitrogens with one attached hydrogen (secondary N) is 1. The molecule has 3 nitrogen and oxygen atoms in total. The lowest BCUT2D eigenvalue weighted by Gasteiger charge is -2.20. The van der Waals surface area contributed by atoms with E-state index in [2.05, 4.69) is 10.3 Å². The summed E-state index contributed by atoms with van der Waals surface area (Å²) in [7, 11) is 3.79. The Kier molecular flexibility index (Phi) is 5.55. The third kappa shape index (κ3) is 4.55. The molecule has 0 spiro atoms. The first-order chi connectivity index (χ1) is 8.34. The average molecular weight is 281 g/mol. The zero-order valence-corrected chi connectivity index (χ0v) is 11.5. The molecule has 1 aromatic heterocycles. The highest BCUT2D eigenvalue weighted by Crippen LogP contribution is 2.34. The molecule has 0 aliphatic carbocycles. The first-order valence-electron chi connectivity index (χ1n) is 5.75. The summed E-state index contributed by atoms with van der Waals surface area (Å²) in [6.45, 7) is 3.45. The third-order valence-corrected chi connectivity index (χ3v) is 3.45. The summed E-state index contributed by atoms with van der Waals surface area (Å²) >= 11 is 0.715. The van der Waals surface area contributed by atoms with Gasteiger partial charge in [0.1, 0.15) is 0 Å². The summed E-state index contributed by atoms with van der Waals surface area (Å²) in [5, 5.41) is 2.47. The zero-order chi connectivity index (χ0) is 13.8. The van der Waals surface area contributed by atoms with E-state index in [0.29, 0.717) is 22.8 Å². The van der Waals surface area contributed by atoms with Crippen LogP contribution in [0, 0.1) is 0 Å². The summed E-state index contributed by atoms with van der Waals surface area (Å²) in [6.07, 6.45) is -2.09. The quantitative estimate of drug-likeness (QED) is 0.869. The monoisotopic (exact) mass is 281 g/mol. The number of thiazole rings is 1. The van der Waals surface area contributed by atoms with Crippen LogP contribution in [0.5, 0.6) is 0 Å². The Morgan fingerprint density at radius 3 is 2.56 bits per heavy atom. The van der Waals surface area contributed by atoms with Crippen LogP contribution in [0.4, 0.5) is 13.2 Å². The van der Waals surface area contributed by atoms with Gasteiger partial charge in [0.25, 0.3) is 0 Å². The van der Waals surface area contributed by atoms with Crippen LogP contribution >= 0.6 is 11.3 Å². The molecule has 1 rings (SSSR count). The minimum absolute atomic E-state index is 0.103. The summed E-state index contributed by atoms with van der Waals surface area (Å²) in [5.41, 5.74) is 0. The molecule has 1 atom stereocenters. The van der Waals surface area contributed by atoms with E-state index >= 15 is 0 Å². The number of aromatic nitrogens is 1. The largest absolute Gasteiger partial charge is 0.443 e. The molecule has 0 saturated carbocycles. The molecule has 1 aromatic rings. The van der Waals surface area contributed by atoms with Gasteiger partial charge in [-0.05, 0) is 27.1 Å². The van der Waals surface area contributed by atoms with Crippen LogP contribution in [-0.2, 0) is 6.18 Å². The summed E-state index contributed by atoms with van der Waals surface area (Å²) < 4.78 is 37.5. The topological polar surface area (TPSA) is 28.2 Å². The molecule has 0 saturated heterocycles. The van der Waals surface area contributed by atoms with E-state index < -0.39 is 11.2 Å². The van der Waals surface area contributed by atoms with E-state index in [4.69, 9.17) is 0 Å². The highest BCUT2D eigenvalue weighted by molar-refractivity contribution is 7.11. The first-order valence-corrected chi connectivity index (χ1v) is 6.57. The fraction of sp³-hybridized carbons (Fsp3) is 0.727. The Morgan fingerprint density at radius 2 is 2.11 bits per heavy atom. The predicted molar refractivity (Wildman–Crippen MR) is 66.7 cm³/mol. The normalized spacial score (nSPS) is 14.2. The number of hydrogen-bond donors (Lipinski definition) is 1. The minimum atomic E-state index is -4.35. The summed E-state index contributed by atoms with van der Waals surface area (Å²) in [4.78, 5) is 6.03. The number of nitrogens with zero attached hydrogens (tertiary/aromatic N) is 2. The molecular formula is C11H18F3N3S. The van der Waals surface area contributed by atoms with E-state index in [9.17, 15) is 13.2 Å². The molecular weight excluding hydrogens is 263 g/mol. The van der Waals surface area contributed by atoms with Gasteiger partial charge in [0.15, 0.2) is 5.01 Å². The second-order valence-corrected chi connectivity index (χ2v) is 5.40. The molecule has 0 bridgehead atoms. The first kappa shape index (κ1) is 15.4.